The molecule has 154 valence electrons. The Kier molecular flexibility index (Phi) is 8.47. The molecule has 14 heteroatoms. The number of nitrogens with zero attached hydrogens (tertiary/aromatic N) is 4. The van der Waals surface area contributed by atoms with Gasteiger partial charge in [0.15, 0.2) is 35.5 Å². The molecular weight excluding hydrogens is 417 g/mol. The van der Waals surface area contributed by atoms with E-state index in [4.69, 9.17) is 8.92 Å². The Morgan fingerprint density at radius 2 is 2.03 bits per heavy atom. The van der Waals surface area contributed by atoms with E-state index >= 15 is 0 Å². The average Bonchev–Trinajstić information content (AvgIpc) is 3.42. The number of hydrogen-bond donors (Lipinski definition) is 3. The number of rotatable bonds is 8. The fraction of sp³-hybridized carbons (Fsp3) is 0.667. The summed E-state index contributed by atoms with van der Waals surface area (Å²) >= 11 is 0.306. The first-order valence-electron chi connectivity index (χ1n) is 8.89. The molecule has 0 amide bonds. The smallest absolute Gasteiger partial charge is 0.691 e. The van der Waals surface area contributed by atoms with E-state index in [0.717, 1.165) is 12.8 Å². The number of hydrogen-bond acceptors (Lipinski definition) is 12. The zero-order chi connectivity index (χ0) is 19.5. The van der Waals surface area contributed by atoms with E-state index in [2.05, 4.69) is 29.6 Å². The number of ether oxygens (including phenoxy) is 1. The van der Waals surface area contributed by atoms with Crippen molar-refractivity contribution in [3.63, 3.8) is 0 Å². The monoisotopic (exact) mass is 437 g/mol. The second-order valence-electron chi connectivity index (χ2n) is 6.71. The van der Waals surface area contributed by atoms with Crippen LogP contribution in [0.2, 0.25) is 0 Å². The molecule has 2 aromatic heterocycles. The molecule has 3 heterocycles. The average molecular weight is 437 g/mol. The Labute approximate surface area is 192 Å². The number of aliphatic hydroxyl groups is 2. The van der Waals surface area contributed by atoms with Gasteiger partial charge in [0.05, 0.1) is 12.9 Å². The third-order valence-corrected chi connectivity index (χ3v) is 5.35. The van der Waals surface area contributed by atoms with Crippen LogP contribution in [0, 0.1) is 0 Å². The Morgan fingerprint density at radius 1 is 1.24 bits per heavy atom. The summed E-state index contributed by atoms with van der Waals surface area (Å²) in [6.45, 7) is -0.140. The van der Waals surface area contributed by atoms with Crippen molar-refractivity contribution in [2.45, 2.75) is 56.3 Å². The molecule has 12 nitrogen and oxygen atoms in total. The van der Waals surface area contributed by atoms with Gasteiger partial charge >= 0.3 is 29.6 Å². The van der Waals surface area contributed by atoms with Crippen molar-refractivity contribution in [3.05, 3.63) is 12.7 Å². The number of aromatic nitrogens is 4. The van der Waals surface area contributed by atoms with Gasteiger partial charge in [0.25, 0.3) is 0 Å². The van der Waals surface area contributed by atoms with Crippen LogP contribution in [0.3, 0.4) is 0 Å². The second kappa shape index (κ2) is 10.6. The minimum atomic E-state index is -1.23. The summed E-state index contributed by atoms with van der Waals surface area (Å²) in [5.41, 5.74) is 1.04. The molecule has 0 spiro atoms. The maximum Gasteiger partial charge on any atom is 1.00 e. The van der Waals surface area contributed by atoms with Crippen LogP contribution in [0.5, 0.6) is 0 Å². The quantitative estimate of drug-likeness (QED) is 0.124. The van der Waals surface area contributed by atoms with Crippen molar-refractivity contribution >= 4 is 29.3 Å². The van der Waals surface area contributed by atoms with Crippen molar-refractivity contribution in [1.29, 1.82) is 0 Å². The van der Waals surface area contributed by atoms with E-state index < -0.39 is 24.5 Å². The molecule has 4 rings (SSSR count). The summed E-state index contributed by atoms with van der Waals surface area (Å²) in [7, 11) is 0. The molecule has 3 N–H and O–H groups in total. The first-order valence-corrected chi connectivity index (χ1v) is 9.56. The van der Waals surface area contributed by atoms with E-state index in [-0.39, 0.29) is 36.2 Å². The molecular formula is C15H20N5NaO7S. The number of imidazole rings is 1. The molecule has 0 radical (unpaired) electrons. The summed E-state index contributed by atoms with van der Waals surface area (Å²) in [4.78, 5) is 12.9. The molecule has 2 fully saturated rings. The number of aliphatic hydroxyl groups excluding tert-OH is 2. The van der Waals surface area contributed by atoms with Crippen LogP contribution < -0.4 is 40.1 Å². The minimum absolute atomic E-state index is 0. The maximum absolute atomic E-state index is 10.4. The summed E-state index contributed by atoms with van der Waals surface area (Å²) in [6.07, 6.45) is 3.26. The summed E-state index contributed by atoms with van der Waals surface area (Å²) in [5.74, 6) is 0.634. The van der Waals surface area contributed by atoms with E-state index in [0.29, 0.717) is 35.3 Å². The standard InChI is InChI=1S/C15H21N5O7S.Na/c21-11-9(5-24-28-27-26-23)25-15(12(11)22)20-7-18-10-13(16-6-17-14(10)20)19-8-3-1-2-4-8;/h6-9,11-12,15,21-23H,1-5H2,(H,16,17,19);/q;+1/p-1/t9-,11-,12-,15-;/m1./s1. The van der Waals surface area contributed by atoms with Crippen LogP contribution in [0.1, 0.15) is 31.9 Å². The fourth-order valence-electron chi connectivity index (χ4n) is 3.63. The molecule has 1 aliphatic carbocycles. The van der Waals surface area contributed by atoms with Gasteiger partial charge < -0.3 is 25.5 Å². The van der Waals surface area contributed by atoms with Gasteiger partial charge in [-0.3, -0.25) is 13.8 Å². The SMILES string of the molecule is [Na+].[O-]OOSOC[C@H]1O[C@@H](n2cnc3c(NC4CCCC4)ncnc32)[C@H](O)[C@@H]1O. The van der Waals surface area contributed by atoms with Gasteiger partial charge in [0.1, 0.15) is 24.6 Å². The van der Waals surface area contributed by atoms with Crippen LogP contribution in [0.15, 0.2) is 12.7 Å². The van der Waals surface area contributed by atoms with Crippen LogP contribution in [0.25, 0.3) is 11.2 Å². The molecule has 0 bridgehead atoms. The third-order valence-electron chi connectivity index (χ3n) is 5.00. The first kappa shape index (κ1) is 23.1. The maximum atomic E-state index is 10.4. The van der Waals surface area contributed by atoms with Gasteiger partial charge in [0, 0.05) is 6.04 Å². The van der Waals surface area contributed by atoms with Crippen molar-refractivity contribution < 1.29 is 63.3 Å². The summed E-state index contributed by atoms with van der Waals surface area (Å²) in [6, 6.07) is 0.359. The predicted molar refractivity (Wildman–Crippen MR) is 92.8 cm³/mol. The van der Waals surface area contributed by atoms with Crippen LogP contribution >= 0.6 is 12.3 Å². The van der Waals surface area contributed by atoms with Crippen molar-refractivity contribution in [3.8, 4) is 0 Å². The molecule has 0 aromatic carbocycles. The number of nitrogens with one attached hydrogen (secondary N) is 1. The molecule has 1 saturated carbocycles. The Balaban J connectivity index is 0.00000240. The van der Waals surface area contributed by atoms with Crippen molar-refractivity contribution in [1.82, 2.24) is 19.5 Å². The molecule has 1 aliphatic heterocycles. The molecule has 4 atom stereocenters. The minimum Gasteiger partial charge on any atom is -0.691 e. The van der Waals surface area contributed by atoms with E-state index in [1.165, 1.54) is 25.5 Å². The van der Waals surface area contributed by atoms with E-state index in [9.17, 15) is 15.5 Å². The van der Waals surface area contributed by atoms with Gasteiger partial charge in [-0.1, -0.05) is 12.8 Å². The molecule has 0 unspecified atom stereocenters. The topological polar surface area (TPSA) is 156 Å². The van der Waals surface area contributed by atoms with Gasteiger partial charge in [-0.2, -0.15) is 0 Å². The third kappa shape index (κ3) is 5.02. The number of fused-ring (bicyclic) bond motifs is 1. The van der Waals surface area contributed by atoms with Gasteiger partial charge in [-0.05, 0) is 12.8 Å². The second-order valence-corrected chi connectivity index (χ2v) is 7.21. The van der Waals surface area contributed by atoms with Gasteiger partial charge in [-0.25, -0.2) is 15.0 Å². The van der Waals surface area contributed by atoms with Gasteiger partial charge in [0.2, 0.25) is 0 Å². The Bertz CT molecular complexity index is 796. The molecule has 2 aliphatic rings. The van der Waals surface area contributed by atoms with Gasteiger partial charge in [-0.15, -0.1) is 4.33 Å². The van der Waals surface area contributed by atoms with Crippen molar-refractivity contribution in [2.24, 2.45) is 0 Å². The molecule has 2 aromatic rings. The zero-order valence-electron chi connectivity index (χ0n) is 15.7. The van der Waals surface area contributed by atoms with Crippen molar-refractivity contribution in [2.75, 3.05) is 11.9 Å². The number of anilines is 1. The fourth-order valence-corrected chi connectivity index (χ4v) is 3.88. The zero-order valence-corrected chi connectivity index (χ0v) is 18.5. The van der Waals surface area contributed by atoms with Crippen LogP contribution in [-0.4, -0.2) is 60.7 Å². The summed E-state index contributed by atoms with van der Waals surface area (Å²) < 4.78 is 16.2. The Morgan fingerprint density at radius 3 is 2.79 bits per heavy atom. The normalized spacial score (nSPS) is 27.4. The Hall–Kier alpha value is -0.580. The predicted octanol–water partition coefficient (Wildman–Crippen LogP) is -3.39. The molecule has 1 saturated heterocycles. The van der Waals surface area contributed by atoms with Crippen LogP contribution in [0.4, 0.5) is 5.82 Å². The van der Waals surface area contributed by atoms with E-state index in [1.807, 2.05) is 0 Å². The summed E-state index contributed by atoms with van der Waals surface area (Å²) in [5, 5.41) is 36.9. The van der Waals surface area contributed by atoms with Crippen LogP contribution in [-0.2, 0) is 18.3 Å². The largest absolute Gasteiger partial charge is 1.00 e. The first-order chi connectivity index (χ1) is 13.7. The molecule has 29 heavy (non-hydrogen) atoms. The van der Waals surface area contributed by atoms with E-state index in [1.54, 1.807) is 4.57 Å².